The van der Waals surface area contributed by atoms with Gasteiger partial charge in [-0.2, -0.15) is 0 Å². The molecule has 0 heterocycles. The molecule has 2 aromatic carbocycles. The van der Waals surface area contributed by atoms with E-state index in [1.54, 1.807) is 14.1 Å². The van der Waals surface area contributed by atoms with E-state index in [0.29, 0.717) is 0 Å². The normalized spacial score (nSPS) is 14.6. The molecule has 0 aliphatic carbocycles. The molecule has 0 spiro atoms. The lowest BCUT2D eigenvalue weighted by Gasteiger charge is -2.40. The zero-order valence-electron chi connectivity index (χ0n) is 29.0. The fourth-order valence-electron chi connectivity index (χ4n) is 5.44. The summed E-state index contributed by atoms with van der Waals surface area (Å²) in [5, 5.41) is 17.4. The molecule has 258 valence electrons. The molecule has 0 fully saturated rings. The fraction of sp³-hybridized carbons (Fsp3) is 0.500. The Balaban J connectivity index is 2.31. The van der Waals surface area contributed by atoms with E-state index >= 15 is 0 Å². The number of carbonyl (C=O) groups excluding carboxylic acids is 3. The van der Waals surface area contributed by atoms with Crippen LogP contribution in [0.1, 0.15) is 66.5 Å². The number of sulfonamides is 1. The quantitative estimate of drug-likeness (QED) is 0.154. The van der Waals surface area contributed by atoms with E-state index in [0.717, 1.165) is 5.56 Å². The predicted octanol–water partition coefficient (Wildman–Crippen LogP) is 4.07. The van der Waals surface area contributed by atoms with E-state index in [1.807, 2.05) is 83.5 Å². The SMILES string of the molecule is CN[C@H](C(=O)N[C@H](C(=O)N(C)[C@H](C=C(C)C(=O)NS(=O)(=O)Cc1ccccc1[N+](=O)[O-])C(C)C)C(C)(C)C)C(C)(C)c1ccccc1. The van der Waals surface area contributed by atoms with Crippen LogP contribution >= 0.6 is 0 Å². The number of likely N-dealkylation sites (N-methyl/N-ethyl adjacent to an activating group) is 2. The zero-order chi connectivity index (χ0) is 35.9. The standard InChI is InChI=1S/C34H49N5O7S/c1-22(2)27(20-23(3)30(40)37-47(45,46)21-24-16-14-15-19-26(24)39(43)44)38(10)32(42)29(33(4,5)6)36-31(41)28(35-9)34(7,8)25-17-12-11-13-18-25/h11-20,22,27-29,35H,21H2,1-10H3,(H,36,41)(H,37,40)/t27-,28-,29-/m1/s1. The van der Waals surface area contributed by atoms with Crippen molar-refractivity contribution in [1.29, 1.82) is 0 Å². The molecule has 0 aliphatic rings. The van der Waals surface area contributed by atoms with Crippen LogP contribution in [0.3, 0.4) is 0 Å². The first-order valence-corrected chi connectivity index (χ1v) is 17.0. The summed E-state index contributed by atoms with van der Waals surface area (Å²) < 4.78 is 27.6. The largest absolute Gasteiger partial charge is 0.342 e. The van der Waals surface area contributed by atoms with Gasteiger partial charge < -0.3 is 15.5 Å². The minimum absolute atomic E-state index is 0.0330. The summed E-state index contributed by atoms with van der Waals surface area (Å²) in [5.41, 5.74) is -0.756. The van der Waals surface area contributed by atoms with Crippen molar-refractivity contribution in [2.45, 2.75) is 84.7 Å². The number of para-hydroxylation sites is 1. The van der Waals surface area contributed by atoms with E-state index < -0.39 is 55.6 Å². The van der Waals surface area contributed by atoms with E-state index in [2.05, 4.69) is 10.6 Å². The van der Waals surface area contributed by atoms with Gasteiger partial charge in [0.25, 0.3) is 11.6 Å². The molecule has 0 unspecified atom stereocenters. The minimum atomic E-state index is -4.30. The van der Waals surface area contributed by atoms with Crippen LogP contribution in [0.2, 0.25) is 0 Å². The Morgan fingerprint density at radius 1 is 0.957 bits per heavy atom. The average molecular weight is 672 g/mol. The fourth-order valence-corrected chi connectivity index (χ4v) is 6.60. The summed E-state index contributed by atoms with van der Waals surface area (Å²) >= 11 is 0. The van der Waals surface area contributed by atoms with Gasteiger partial charge in [-0.25, -0.2) is 13.1 Å². The Kier molecular flexibility index (Phi) is 13.0. The molecule has 12 nitrogen and oxygen atoms in total. The Morgan fingerprint density at radius 3 is 2.02 bits per heavy atom. The molecule has 0 radical (unpaired) electrons. The number of amides is 3. The molecule has 0 aromatic heterocycles. The topological polar surface area (TPSA) is 168 Å². The molecule has 47 heavy (non-hydrogen) atoms. The van der Waals surface area contributed by atoms with E-state index in [-0.39, 0.29) is 34.6 Å². The molecule has 0 bridgehead atoms. The van der Waals surface area contributed by atoms with Gasteiger partial charge in [-0.1, -0.05) is 103 Å². The third kappa shape index (κ3) is 10.2. The van der Waals surface area contributed by atoms with Crippen molar-refractivity contribution < 1.29 is 27.7 Å². The van der Waals surface area contributed by atoms with Crippen LogP contribution in [0.15, 0.2) is 66.2 Å². The molecular weight excluding hydrogens is 622 g/mol. The van der Waals surface area contributed by atoms with Crippen molar-refractivity contribution in [3.63, 3.8) is 0 Å². The van der Waals surface area contributed by atoms with E-state index in [4.69, 9.17) is 0 Å². The number of nitro groups is 1. The Morgan fingerprint density at radius 2 is 1.51 bits per heavy atom. The van der Waals surface area contributed by atoms with Crippen LogP contribution in [0, 0.1) is 21.4 Å². The summed E-state index contributed by atoms with van der Waals surface area (Å²) in [6, 6.07) is 12.8. The van der Waals surface area contributed by atoms with Crippen molar-refractivity contribution in [3.05, 3.63) is 87.5 Å². The van der Waals surface area contributed by atoms with Crippen LogP contribution in [0.25, 0.3) is 0 Å². The summed E-state index contributed by atoms with van der Waals surface area (Å²) in [5.74, 6) is -2.62. The third-order valence-electron chi connectivity index (χ3n) is 8.23. The highest BCUT2D eigenvalue weighted by molar-refractivity contribution is 7.89. The maximum Gasteiger partial charge on any atom is 0.273 e. The number of hydrogen-bond donors (Lipinski definition) is 3. The van der Waals surface area contributed by atoms with E-state index in [9.17, 15) is 32.9 Å². The van der Waals surface area contributed by atoms with Crippen molar-refractivity contribution >= 4 is 33.4 Å². The molecule has 2 rings (SSSR count). The van der Waals surface area contributed by atoms with Gasteiger partial charge in [0.2, 0.25) is 21.8 Å². The monoisotopic (exact) mass is 671 g/mol. The van der Waals surface area contributed by atoms with Gasteiger partial charge in [-0.15, -0.1) is 0 Å². The van der Waals surface area contributed by atoms with Crippen LogP contribution in [-0.4, -0.2) is 68.2 Å². The highest BCUT2D eigenvalue weighted by Gasteiger charge is 2.41. The first-order chi connectivity index (χ1) is 21.6. The summed E-state index contributed by atoms with van der Waals surface area (Å²) in [7, 11) is -1.02. The second kappa shape index (κ2) is 15.7. The average Bonchev–Trinajstić information content (AvgIpc) is 2.97. The number of nitrogens with zero attached hydrogens (tertiary/aromatic N) is 2. The summed E-state index contributed by atoms with van der Waals surface area (Å²) in [6.45, 7) is 14.6. The maximum atomic E-state index is 14.1. The highest BCUT2D eigenvalue weighted by atomic mass is 32.2. The van der Waals surface area contributed by atoms with Crippen LogP contribution in [-0.2, 0) is 35.6 Å². The molecule has 0 aliphatic heterocycles. The molecule has 3 amide bonds. The minimum Gasteiger partial charge on any atom is -0.342 e. The Bertz CT molecular complexity index is 1580. The second-order valence-electron chi connectivity index (χ2n) is 13.7. The smallest absolute Gasteiger partial charge is 0.273 e. The Labute approximate surface area is 278 Å². The van der Waals surface area contributed by atoms with Crippen molar-refractivity contribution in [2.24, 2.45) is 11.3 Å². The van der Waals surface area contributed by atoms with Crippen molar-refractivity contribution in [3.8, 4) is 0 Å². The molecule has 0 saturated heterocycles. The lowest BCUT2D eigenvalue weighted by atomic mass is 9.76. The van der Waals surface area contributed by atoms with Crippen LogP contribution in [0.4, 0.5) is 5.69 Å². The van der Waals surface area contributed by atoms with Gasteiger partial charge in [0.05, 0.1) is 17.0 Å². The van der Waals surface area contributed by atoms with Crippen molar-refractivity contribution in [1.82, 2.24) is 20.3 Å². The van der Waals surface area contributed by atoms with Crippen LogP contribution in [0.5, 0.6) is 0 Å². The highest BCUT2D eigenvalue weighted by Crippen LogP contribution is 2.29. The van der Waals surface area contributed by atoms with Gasteiger partial charge in [-0.05, 0) is 30.9 Å². The summed E-state index contributed by atoms with van der Waals surface area (Å²) in [6.07, 6.45) is 1.51. The first-order valence-electron chi connectivity index (χ1n) is 15.4. The van der Waals surface area contributed by atoms with Gasteiger partial charge in [0, 0.05) is 29.7 Å². The summed E-state index contributed by atoms with van der Waals surface area (Å²) in [4.78, 5) is 53.0. The Hall–Kier alpha value is -4.10. The molecule has 3 N–H and O–H groups in total. The molecule has 13 heteroatoms. The lowest BCUT2D eigenvalue weighted by molar-refractivity contribution is -0.385. The van der Waals surface area contributed by atoms with E-state index in [1.165, 1.54) is 42.2 Å². The number of benzene rings is 2. The maximum absolute atomic E-state index is 14.1. The number of carbonyl (C=O) groups is 3. The number of rotatable bonds is 14. The number of nitro benzene ring substituents is 1. The second-order valence-corrected chi connectivity index (χ2v) is 15.4. The molecule has 0 saturated carbocycles. The lowest BCUT2D eigenvalue weighted by Crippen LogP contribution is -2.61. The number of hydrogen-bond acceptors (Lipinski definition) is 8. The first kappa shape index (κ1) is 39.1. The zero-order valence-corrected chi connectivity index (χ0v) is 29.8. The molecular formula is C34H49N5O7S. The predicted molar refractivity (Wildman–Crippen MR) is 183 cm³/mol. The van der Waals surface area contributed by atoms with Gasteiger partial charge >= 0.3 is 0 Å². The number of nitrogens with one attached hydrogen (secondary N) is 3. The van der Waals surface area contributed by atoms with Gasteiger partial charge in [0.15, 0.2) is 0 Å². The molecule has 3 atom stereocenters. The van der Waals surface area contributed by atoms with Gasteiger partial charge in [0.1, 0.15) is 11.8 Å². The molecule has 2 aromatic rings. The van der Waals surface area contributed by atoms with Gasteiger partial charge in [-0.3, -0.25) is 24.5 Å². The van der Waals surface area contributed by atoms with Crippen LogP contribution < -0.4 is 15.4 Å². The third-order valence-corrected chi connectivity index (χ3v) is 9.42. The van der Waals surface area contributed by atoms with Crippen molar-refractivity contribution in [2.75, 3.05) is 14.1 Å².